The van der Waals surface area contributed by atoms with E-state index in [-0.39, 0.29) is 18.5 Å². The van der Waals surface area contributed by atoms with E-state index in [1.807, 2.05) is 31.2 Å². The Morgan fingerprint density at radius 3 is 2.65 bits per heavy atom. The fraction of sp³-hybridized carbons (Fsp3) is 0.333. The van der Waals surface area contributed by atoms with Crippen LogP contribution in [-0.2, 0) is 4.79 Å². The molecular weight excluding hydrogens is 274 g/mol. The molecule has 1 aromatic carbocycles. The first-order chi connectivity index (χ1) is 9.58. The van der Waals surface area contributed by atoms with Crippen molar-refractivity contribution in [1.29, 1.82) is 0 Å². The highest BCUT2D eigenvalue weighted by Crippen LogP contribution is 2.34. The predicted molar refractivity (Wildman–Crippen MR) is 78.3 cm³/mol. The second kappa shape index (κ2) is 4.90. The van der Waals surface area contributed by atoms with E-state index in [0.717, 1.165) is 28.5 Å². The molecule has 0 aliphatic heterocycles. The first kappa shape index (κ1) is 13.1. The number of fused-ring (bicyclic) bond motifs is 1. The van der Waals surface area contributed by atoms with Gasteiger partial charge in [-0.2, -0.15) is 0 Å². The van der Waals surface area contributed by atoms with Crippen molar-refractivity contribution < 1.29 is 14.7 Å². The van der Waals surface area contributed by atoms with Gasteiger partial charge in [0.05, 0.1) is 4.88 Å². The molecule has 1 aliphatic carbocycles. The number of rotatable bonds is 4. The third-order valence-corrected chi connectivity index (χ3v) is 4.85. The summed E-state index contributed by atoms with van der Waals surface area (Å²) >= 11 is 1.45. The molecule has 20 heavy (non-hydrogen) atoms. The minimum atomic E-state index is -0.955. The molecule has 1 aliphatic rings. The van der Waals surface area contributed by atoms with Gasteiger partial charge in [-0.15, -0.1) is 11.3 Å². The first-order valence-electron chi connectivity index (χ1n) is 6.59. The van der Waals surface area contributed by atoms with Crippen LogP contribution in [0.5, 0.6) is 0 Å². The SMILES string of the molecule is Cc1c(C(=O)N(CC(=O)O)C2CC2)sc2ccccc12. The van der Waals surface area contributed by atoms with Crippen LogP contribution in [0.2, 0.25) is 0 Å². The Labute approximate surface area is 120 Å². The quantitative estimate of drug-likeness (QED) is 0.941. The van der Waals surface area contributed by atoms with Gasteiger partial charge in [-0.1, -0.05) is 18.2 Å². The molecule has 1 N–H and O–H groups in total. The monoisotopic (exact) mass is 289 g/mol. The van der Waals surface area contributed by atoms with E-state index in [2.05, 4.69) is 0 Å². The summed E-state index contributed by atoms with van der Waals surface area (Å²) in [6.07, 6.45) is 1.81. The minimum Gasteiger partial charge on any atom is -0.480 e. The van der Waals surface area contributed by atoms with Crippen molar-refractivity contribution in [3.63, 3.8) is 0 Å². The molecule has 3 rings (SSSR count). The van der Waals surface area contributed by atoms with Gasteiger partial charge in [-0.05, 0) is 36.8 Å². The second-order valence-electron chi connectivity index (χ2n) is 5.11. The third kappa shape index (κ3) is 2.29. The van der Waals surface area contributed by atoms with Crippen LogP contribution in [0.25, 0.3) is 10.1 Å². The Bertz CT molecular complexity index is 687. The summed E-state index contributed by atoms with van der Waals surface area (Å²) < 4.78 is 1.07. The van der Waals surface area contributed by atoms with E-state index in [4.69, 9.17) is 5.11 Å². The Morgan fingerprint density at radius 1 is 1.35 bits per heavy atom. The lowest BCUT2D eigenvalue weighted by molar-refractivity contribution is -0.137. The molecule has 0 bridgehead atoms. The van der Waals surface area contributed by atoms with Crippen molar-refractivity contribution >= 4 is 33.3 Å². The van der Waals surface area contributed by atoms with Gasteiger partial charge in [0.25, 0.3) is 5.91 Å². The van der Waals surface area contributed by atoms with Crippen molar-refractivity contribution in [2.75, 3.05) is 6.54 Å². The van der Waals surface area contributed by atoms with Crippen LogP contribution < -0.4 is 0 Å². The number of carbonyl (C=O) groups is 2. The van der Waals surface area contributed by atoms with E-state index < -0.39 is 5.97 Å². The van der Waals surface area contributed by atoms with E-state index in [1.165, 1.54) is 16.2 Å². The number of aliphatic carboxylic acids is 1. The van der Waals surface area contributed by atoms with Crippen LogP contribution in [0, 0.1) is 6.92 Å². The standard InChI is InChI=1S/C15H15NO3S/c1-9-11-4-2-3-5-12(11)20-14(9)15(19)16(8-13(17)18)10-6-7-10/h2-5,10H,6-8H2,1H3,(H,17,18). The van der Waals surface area contributed by atoms with Crippen molar-refractivity contribution in [3.8, 4) is 0 Å². The van der Waals surface area contributed by atoms with Gasteiger partial charge in [-0.25, -0.2) is 0 Å². The Kier molecular flexibility index (Phi) is 3.22. The average molecular weight is 289 g/mol. The normalized spacial score (nSPS) is 14.4. The molecular formula is C15H15NO3S. The van der Waals surface area contributed by atoms with Crippen LogP contribution in [0.1, 0.15) is 28.1 Å². The van der Waals surface area contributed by atoms with Gasteiger partial charge >= 0.3 is 5.97 Å². The molecule has 1 heterocycles. The van der Waals surface area contributed by atoms with Crippen LogP contribution in [-0.4, -0.2) is 34.5 Å². The van der Waals surface area contributed by atoms with Gasteiger partial charge in [0, 0.05) is 10.7 Å². The molecule has 0 saturated heterocycles. The Morgan fingerprint density at radius 2 is 2.05 bits per heavy atom. The summed E-state index contributed by atoms with van der Waals surface area (Å²) in [7, 11) is 0. The van der Waals surface area contributed by atoms with Crippen LogP contribution >= 0.6 is 11.3 Å². The number of benzene rings is 1. The number of amides is 1. The number of aryl methyl sites for hydroxylation is 1. The predicted octanol–water partition coefficient (Wildman–Crippen LogP) is 2.90. The number of carboxylic acid groups (broad SMARTS) is 1. The van der Waals surface area contributed by atoms with Gasteiger partial charge < -0.3 is 10.0 Å². The lowest BCUT2D eigenvalue weighted by Crippen LogP contribution is -2.37. The fourth-order valence-electron chi connectivity index (χ4n) is 2.41. The molecule has 5 heteroatoms. The van der Waals surface area contributed by atoms with Gasteiger partial charge in [0.2, 0.25) is 0 Å². The molecule has 0 unspecified atom stereocenters. The second-order valence-corrected chi connectivity index (χ2v) is 6.16. The minimum absolute atomic E-state index is 0.100. The molecule has 1 saturated carbocycles. The topological polar surface area (TPSA) is 57.6 Å². The molecule has 1 aromatic heterocycles. The van der Waals surface area contributed by atoms with Gasteiger partial charge in [0.15, 0.2) is 0 Å². The summed E-state index contributed by atoms with van der Waals surface area (Å²) in [6, 6.07) is 7.98. The van der Waals surface area contributed by atoms with E-state index in [1.54, 1.807) is 0 Å². The molecule has 104 valence electrons. The van der Waals surface area contributed by atoms with Crippen molar-refractivity contribution in [3.05, 3.63) is 34.7 Å². The van der Waals surface area contributed by atoms with Crippen LogP contribution in [0.15, 0.2) is 24.3 Å². The number of hydrogen-bond donors (Lipinski definition) is 1. The largest absolute Gasteiger partial charge is 0.480 e. The molecule has 0 spiro atoms. The lowest BCUT2D eigenvalue weighted by Gasteiger charge is -2.19. The highest BCUT2D eigenvalue weighted by molar-refractivity contribution is 7.21. The van der Waals surface area contributed by atoms with Crippen molar-refractivity contribution in [2.45, 2.75) is 25.8 Å². The Hall–Kier alpha value is -1.88. The Balaban J connectivity index is 1.98. The van der Waals surface area contributed by atoms with E-state index in [9.17, 15) is 9.59 Å². The number of nitrogens with zero attached hydrogens (tertiary/aromatic N) is 1. The molecule has 1 fully saturated rings. The van der Waals surface area contributed by atoms with Crippen LogP contribution in [0.3, 0.4) is 0 Å². The maximum Gasteiger partial charge on any atom is 0.323 e. The number of thiophene rings is 1. The maximum atomic E-state index is 12.6. The third-order valence-electron chi connectivity index (χ3n) is 3.59. The zero-order chi connectivity index (χ0) is 14.3. The van der Waals surface area contributed by atoms with E-state index >= 15 is 0 Å². The maximum absolute atomic E-state index is 12.6. The summed E-state index contributed by atoms with van der Waals surface area (Å²) in [4.78, 5) is 25.7. The fourth-order valence-corrected chi connectivity index (χ4v) is 3.57. The highest BCUT2D eigenvalue weighted by atomic mass is 32.1. The first-order valence-corrected chi connectivity index (χ1v) is 7.40. The summed E-state index contributed by atoms with van der Waals surface area (Å²) in [6.45, 7) is 1.72. The van der Waals surface area contributed by atoms with Crippen LogP contribution in [0.4, 0.5) is 0 Å². The smallest absolute Gasteiger partial charge is 0.323 e. The summed E-state index contributed by atoms with van der Waals surface area (Å²) in [5.41, 5.74) is 0.951. The zero-order valence-corrected chi connectivity index (χ0v) is 11.9. The number of carboxylic acids is 1. The molecule has 4 nitrogen and oxygen atoms in total. The molecule has 0 radical (unpaired) electrons. The zero-order valence-electron chi connectivity index (χ0n) is 11.1. The van der Waals surface area contributed by atoms with Crippen molar-refractivity contribution in [1.82, 2.24) is 4.90 Å². The molecule has 2 aromatic rings. The number of carbonyl (C=O) groups excluding carboxylic acids is 1. The summed E-state index contributed by atoms with van der Waals surface area (Å²) in [5, 5.41) is 10.1. The summed E-state index contributed by atoms with van der Waals surface area (Å²) in [5.74, 6) is -1.10. The highest BCUT2D eigenvalue weighted by Gasteiger charge is 2.35. The van der Waals surface area contributed by atoms with Gasteiger partial charge in [0.1, 0.15) is 6.54 Å². The van der Waals surface area contributed by atoms with E-state index in [0.29, 0.717) is 4.88 Å². The molecule has 0 atom stereocenters. The average Bonchev–Trinajstić information content (AvgIpc) is 3.20. The molecule has 1 amide bonds. The van der Waals surface area contributed by atoms with Crippen molar-refractivity contribution in [2.24, 2.45) is 0 Å². The van der Waals surface area contributed by atoms with Gasteiger partial charge in [-0.3, -0.25) is 9.59 Å². The number of hydrogen-bond acceptors (Lipinski definition) is 3. The lowest BCUT2D eigenvalue weighted by atomic mass is 10.1.